The molecule has 0 atom stereocenters. The molecule has 0 saturated heterocycles. The Bertz CT molecular complexity index is 1190. The van der Waals surface area contributed by atoms with E-state index in [0.717, 1.165) is 16.6 Å². The second kappa shape index (κ2) is 7.35. The lowest BCUT2D eigenvalue weighted by Gasteiger charge is -2.10. The summed E-state index contributed by atoms with van der Waals surface area (Å²) < 4.78 is 50.5. The maximum atomic E-state index is 12.7. The Morgan fingerprint density at radius 2 is 1.67 bits per heavy atom. The van der Waals surface area contributed by atoms with Gasteiger partial charge in [-0.15, -0.1) is 0 Å². The monoisotopic (exact) mass is 405 g/mol. The third-order valence-electron chi connectivity index (χ3n) is 4.07. The molecule has 3 aromatic rings. The number of sulfonamides is 2. The van der Waals surface area contributed by atoms with Gasteiger partial charge in [-0.25, -0.2) is 26.7 Å². The van der Waals surface area contributed by atoms with Crippen molar-refractivity contribution in [1.29, 1.82) is 0 Å². The summed E-state index contributed by atoms with van der Waals surface area (Å²) in [6, 6.07) is 14.7. The van der Waals surface area contributed by atoms with E-state index in [2.05, 4.69) is 9.71 Å². The van der Waals surface area contributed by atoms with E-state index >= 15 is 0 Å². The molecule has 3 rings (SSSR count). The van der Waals surface area contributed by atoms with Gasteiger partial charge in [0.2, 0.25) is 20.0 Å². The number of hydrogen-bond acceptors (Lipinski definition) is 5. The molecule has 3 N–H and O–H groups in total. The van der Waals surface area contributed by atoms with E-state index in [4.69, 9.17) is 5.14 Å². The number of benzene rings is 2. The van der Waals surface area contributed by atoms with Crippen LogP contribution in [-0.4, -0.2) is 28.4 Å². The van der Waals surface area contributed by atoms with Gasteiger partial charge in [0.25, 0.3) is 0 Å². The normalized spacial score (nSPS) is 12.4. The third kappa shape index (κ3) is 4.51. The molecule has 142 valence electrons. The molecule has 0 fully saturated rings. The zero-order valence-corrected chi connectivity index (χ0v) is 16.2. The number of nitrogens with two attached hydrogens (primary N) is 1. The van der Waals surface area contributed by atoms with E-state index in [1.807, 2.05) is 25.1 Å². The smallest absolute Gasteiger partial charge is 0.242 e. The Balaban J connectivity index is 1.75. The quantitative estimate of drug-likeness (QED) is 0.647. The van der Waals surface area contributed by atoms with Crippen LogP contribution in [-0.2, 0) is 26.5 Å². The van der Waals surface area contributed by atoms with Gasteiger partial charge >= 0.3 is 0 Å². The highest BCUT2D eigenvalue weighted by Gasteiger charge is 2.18. The van der Waals surface area contributed by atoms with E-state index in [-0.39, 0.29) is 16.3 Å². The van der Waals surface area contributed by atoms with E-state index in [1.165, 1.54) is 18.2 Å². The molecule has 0 amide bonds. The zero-order valence-electron chi connectivity index (χ0n) is 14.6. The van der Waals surface area contributed by atoms with Gasteiger partial charge in [0.05, 0.1) is 10.4 Å². The second-order valence-corrected chi connectivity index (χ2v) is 9.41. The second-order valence-electron chi connectivity index (χ2n) is 6.12. The van der Waals surface area contributed by atoms with Crippen LogP contribution in [0.2, 0.25) is 0 Å². The average Bonchev–Trinajstić information content (AvgIpc) is 2.60. The van der Waals surface area contributed by atoms with Crippen LogP contribution in [0, 0.1) is 6.92 Å². The van der Waals surface area contributed by atoms with Crippen molar-refractivity contribution >= 4 is 30.9 Å². The molecule has 27 heavy (non-hydrogen) atoms. The number of para-hydroxylation sites is 1. The van der Waals surface area contributed by atoms with Crippen molar-refractivity contribution in [1.82, 2.24) is 9.71 Å². The molecular weight excluding hydrogens is 386 g/mol. The fraction of sp³-hybridized carbons (Fsp3) is 0.167. The Kier molecular flexibility index (Phi) is 5.29. The summed E-state index contributed by atoms with van der Waals surface area (Å²) in [5, 5.41) is 5.81. The summed E-state index contributed by atoms with van der Waals surface area (Å²) in [5.74, 6) is 0. The van der Waals surface area contributed by atoms with Crippen LogP contribution in [0.15, 0.2) is 64.4 Å². The standard InChI is InChI=1S/C18H19N3O4S2/c1-13-5-8-15-3-2-4-17(18(15)21-13)27(24,25)20-12-11-14-6-9-16(10-7-14)26(19,22)23/h2-10,20H,11-12H2,1H3,(H2,19,22,23). The Morgan fingerprint density at radius 1 is 0.963 bits per heavy atom. The highest BCUT2D eigenvalue weighted by atomic mass is 32.2. The van der Waals surface area contributed by atoms with E-state index in [1.54, 1.807) is 18.2 Å². The first-order valence-corrected chi connectivity index (χ1v) is 11.2. The first-order valence-electron chi connectivity index (χ1n) is 8.15. The summed E-state index contributed by atoms with van der Waals surface area (Å²) in [6.07, 6.45) is 0.404. The number of hydrogen-bond donors (Lipinski definition) is 2. The molecule has 0 unspecified atom stereocenters. The Labute approximate surface area is 158 Å². The van der Waals surface area contributed by atoms with Gasteiger partial charge in [-0.2, -0.15) is 0 Å². The van der Waals surface area contributed by atoms with Crippen LogP contribution < -0.4 is 9.86 Å². The maximum Gasteiger partial charge on any atom is 0.242 e. The van der Waals surface area contributed by atoms with Crippen molar-refractivity contribution in [3.05, 3.63) is 65.9 Å². The molecule has 7 nitrogen and oxygen atoms in total. The third-order valence-corrected chi connectivity index (χ3v) is 6.49. The van der Waals surface area contributed by atoms with Crippen molar-refractivity contribution in [2.24, 2.45) is 5.14 Å². The summed E-state index contributed by atoms with van der Waals surface area (Å²) in [4.78, 5) is 4.50. The van der Waals surface area contributed by atoms with Crippen LogP contribution in [0.4, 0.5) is 0 Å². The van der Waals surface area contributed by atoms with Gasteiger partial charge in [0.1, 0.15) is 4.90 Å². The first kappa shape index (κ1) is 19.4. The molecule has 2 aromatic carbocycles. The minimum atomic E-state index is -3.74. The van der Waals surface area contributed by atoms with Crippen molar-refractivity contribution in [2.45, 2.75) is 23.1 Å². The summed E-state index contributed by atoms with van der Waals surface area (Å²) in [7, 11) is -7.48. The summed E-state index contributed by atoms with van der Waals surface area (Å²) in [6.45, 7) is 1.97. The van der Waals surface area contributed by atoms with Crippen molar-refractivity contribution < 1.29 is 16.8 Å². The minimum Gasteiger partial charge on any atom is -0.252 e. The van der Waals surface area contributed by atoms with Crippen molar-refractivity contribution in [3.63, 3.8) is 0 Å². The number of aromatic nitrogens is 1. The van der Waals surface area contributed by atoms with E-state index < -0.39 is 20.0 Å². The van der Waals surface area contributed by atoms with Gasteiger partial charge in [0, 0.05) is 17.6 Å². The van der Waals surface area contributed by atoms with Gasteiger partial charge in [-0.3, -0.25) is 4.98 Å². The zero-order chi connectivity index (χ0) is 19.7. The molecule has 0 spiro atoms. The lowest BCUT2D eigenvalue weighted by molar-refractivity contribution is 0.582. The molecule has 0 saturated carbocycles. The summed E-state index contributed by atoms with van der Waals surface area (Å²) >= 11 is 0. The minimum absolute atomic E-state index is 0.0176. The number of aryl methyl sites for hydroxylation is 1. The molecule has 0 aliphatic heterocycles. The SMILES string of the molecule is Cc1ccc2cccc(S(=O)(=O)NCCc3ccc(S(N)(=O)=O)cc3)c2n1. The highest BCUT2D eigenvalue weighted by molar-refractivity contribution is 7.89. The van der Waals surface area contributed by atoms with Gasteiger partial charge in [-0.1, -0.05) is 30.3 Å². The van der Waals surface area contributed by atoms with E-state index in [9.17, 15) is 16.8 Å². The van der Waals surface area contributed by atoms with Crippen molar-refractivity contribution in [2.75, 3.05) is 6.54 Å². The van der Waals surface area contributed by atoms with Crippen LogP contribution >= 0.6 is 0 Å². The number of primary sulfonamides is 1. The molecule has 9 heteroatoms. The predicted molar refractivity (Wildman–Crippen MR) is 103 cm³/mol. The fourth-order valence-corrected chi connectivity index (χ4v) is 4.41. The first-order chi connectivity index (χ1) is 12.7. The number of nitrogens with zero attached hydrogens (tertiary/aromatic N) is 1. The largest absolute Gasteiger partial charge is 0.252 e. The number of fused-ring (bicyclic) bond motifs is 1. The molecule has 0 radical (unpaired) electrons. The van der Waals surface area contributed by atoms with Gasteiger partial charge < -0.3 is 0 Å². The molecule has 0 aliphatic carbocycles. The van der Waals surface area contributed by atoms with Gasteiger partial charge in [-0.05, 0) is 43.2 Å². The van der Waals surface area contributed by atoms with Crippen LogP contribution in [0.5, 0.6) is 0 Å². The van der Waals surface area contributed by atoms with Crippen LogP contribution in [0.25, 0.3) is 10.9 Å². The molecule has 1 heterocycles. The summed E-state index contributed by atoms with van der Waals surface area (Å²) in [5.41, 5.74) is 1.96. The number of rotatable bonds is 6. The Morgan fingerprint density at radius 3 is 2.33 bits per heavy atom. The van der Waals surface area contributed by atoms with E-state index in [0.29, 0.717) is 11.9 Å². The van der Waals surface area contributed by atoms with Crippen LogP contribution in [0.3, 0.4) is 0 Å². The molecule has 1 aromatic heterocycles. The average molecular weight is 406 g/mol. The molecule has 0 bridgehead atoms. The van der Waals surface area contributed by atoms with Crippen LogP contribution in [0.1, 0.15) is 11.3 Å². The van der Waals surface area contributed by atoms with Gasteiger partial charge in [0.15, 0.2) is 0 Å². The lowest BCUT2D eigenvalue weighted by atomic mass is 10.2. The molecule has 0 aliphatic rings. The maximum absolute atomic E-state index is 12.7. The number of pyridine rings is 1. The molecular formula is C18H19N3O4S2. The number of nitrogens with one attached hydrogen (secondary N) is 1. The predicted octanol–water partition coefficient (Wildman–Crippen LogP) is 1.71. The Hall–Kier alpha value is -2.33. The highest BCUT2D eigenvalue weighted by Crippen LogP contribution is 2.21. The lowest BCUT2D eigenvalue weighted by Crippen LogP contribution is -2.26. The van der Waals surface area contributed by atoms with Crippen molar-refractivity contribution in [3.8, 4) is 0 Å². The fourth-order valence-electron chi connectivity index (χ4n) is 2.69. The topological polar surface area (TPSA) is 119 Å².